The Labute approximate surface area is 167 Å². The summed E-state index contributed by atoms with van der Waals surface area (Å²) in [7, 11) is 1.63. The van der Waals surface area contributed by atoms with Gasteiger partial charge in [-0.1, -0.05) is 48.5 Å². The van der Waals surface area contributed by atoms with Gasteiger partial charge in [0.05, 0.1) is 18.5 Å². The zero-order chi connectivity index (χ0) is 20.5. The maximum atomic E-state index is 14.4. The number of Topliss-reactive ketones (excluding diaryl/α,β-unsaturated/α-hetero) is 1. The lowest BCUT2D eigenvalue weighted by Gasteiger charge is -2.28. The van der Waals surface area contributed by atoms with Crippen LogP contribution in [0.15, 0.2) is 54.6 Å². The second-order valence-corrected chi connectivity index (χ2v) is 7.45. The Morgan fingerprint density at radius 3 is 2.52 bits per heavy atom. The van der Waals surface area contributed by atoms with Gasteiger partial charge in [-0.3, -0.25) is 14.5 Å². The van der Waals surface area contributed by atoms with Crippen LogP contribution in [0.2, 0.25) is 0 Å². The molecule has 2 fully saturated rings. The first-order chi connectivity index (χ1) is 14.0. The number of imide groups is 1. The first kappa shape index (κ1) is 19.3. The van der Waals surface area contributed by atoms with E-state index in [1.807, 2.05) is 30.3 Å². The highest BCUT2D eigenvalue weighted by atomic mass is 19.1. The number of ketones is 1. The standard InChI is InChI=1S/C22H21FN2O4/c1-24-12-18(26)19(16-9-5-6-10-17(16)23)20(24)21(27)25-15(13-29-22(25)28)11-14-7-3-2-4-8-14/h2-10,15,19-20H,11-13H2,1H3/t15-,19+,20-/m0/s1. The van der Waals surface area contributed by atoms with Crippen molar-refractivity contribution in [2.24, 2.45) is 0 Å². The summed E-state index contributed by atoms with van der Waals surface area (Å²) in [6, 6.07) is 14.0. The van der Waals surface area contributed by atoms with E-state index in [0.29, 0.717) is 6.42 Å². The summed E-state index contributed by atoms with van der Waals surface area (Å²) in [6.45, 7) is 0.107. The number of cyclic esters (lactones) is 1. The van der Waals surface area contributed by atoms with Crippen molar-refractivity contribution in [3.63, 3.8) is 0 Å². The van der Waals surface area contributed by atoms with Crippen LogP contribution in [0.5, 0.6) is 0 Å². The number of halogens is 1. The van der Waals surface area contributed by atoms with Crippen LogP contribution in [-0.4, -0.2) is 59.9 Å². The zero-order valence-corrected chi connectivity index (χ0v) is 16.0. The molecule has 3 atom stereocenters. The van der Waals surface area contributed by atoms with E-state index in [-0.39, 0.29) is 24.5 Å². The van der Waals surface area contributed by atoms with Crippen LogP contribution in [0.4, 0.5) is 9.18 Å². The molecule has 0 N–H and O–H groups in total. The smallest absolute Gasteiger partial charge is 0.417 e. The molecule has 0 bridgehead atoms. The molecule has 0 aromatic heterocycles. The molecule has 2 aromatic rings. The van der Waals surface area contributed by atoms with Gasteiger partial charge in [0.25, 0.3) is 5.91 Å². The van der Waals surface area contributed by atoms with E-state index in [4.69, 9.17) is 4.74 Å². The molecule has 6 nitrogen and oxygen atoms in total. The predicted octanol–water partition coefficient (Wildman–Crippen LogP) is 2.38. The van der Waals surface area contributed by atoms with Crippen LogP contribution < -0.4 is 0 Å². The molecule has 0 spiro atoms. The van der Waals surface area contributed by atoms with Gasteiger partial charge in [-0.2, -0.15) is 0 Å². The maximum Gasteiger partial charge on any atom is 0.417 e. The Bertz CT molecular complexity index is 949. The van der Waals surface area contributed by atoms with Crippen molar-refractivity contribution in [1.29, 1.82) is 0 Å². The van der Waals surface area contributed by atoms with Gasteiger partial charge in [0.2, 0.25) is 0 Å². The molecular weight excluding hydrogens is 375 g/mol. The number of likely N-dealkylation sites (tertiary alicyclic amines) is 1. The van der Waals surface area contributed by atoms with E-state index in [1.54, 1.807) is 18.0 Å². The van der Waals surface area contributed by atoms with Crippen molar-refractivity contribution >= 4 is 17.8 Å². The van der Waals surface area contributed by atoms with Crippen LogP contribution in [0.1, 0.15) is 17.0 Å². The third-order valence-electron chi connectivity index (χ3n) is 5.55. The molecule has 29 heavy (non-hydrogen) atoms. The number of amides is 2. The van der Waals surface area contributed by atoms with Gasteiger partial charge in [-0.15, -0.1) is 0 Å². The summed E-state index contributed by atoms with van der Waals surface area (Å²) in [4.78, 5) is 41.1. The Morgan fingerprint density at radius 2 is 1.79 bits per heavy atom. The molecule has 150 valence electrons. The summed E-state index contributed by atoms with van der Waals surface area (Å²) < 4.78 is 19.6. The van der Waals surface area contributed by atoms with Gasteiger partial charge >= 0.3 is 6.09 Å². The lowest BCUT2D eigenvalue weighted by Crippen LogP contribution is -2.50. The van der Waals surface area contributed by atoms with E-state index >= 15 is 0 Å². The van der Waals surface area contributed by atoms with Crippen LogP contribution in [-0.2, 0) is 20.7 Å². The van der Waals surface area contributed by atoms with Crippen LogP contribution in [0, 0.1) is 5.82 Å². The first-order valence-corrected chi connectivity index (χ1v) is 9.48. The molecule has 4 rings (SSSR count). The zero-order valence-electron chi connectivity index (χ0n) is 16.0. The Balaban J connectivity index is 1.64. The van der Waals surface area contributed by atoms with Gasteiger partial charge in [-0.05, 0) is 25.1 Å². The van der Waals surface area contributed by atoms with Gasteiger partial charge in [0, 0.05) is 5.56 Å². The number of likely N-dealkylation sites (N-methyl/N-ethyl adjacent to an activating group) is 1. The van der Waals surface area contributed by atoms with Gasteiger partial charge in [0.1, 0.15) is 18.5 Å². The van der Waals surface area contributed by atoms with Crippen molar-refractivity contribution in [3.8, 4) is 0 Å². The molecule has 2 aliphatic heterocycles. The highest BCUT2D eigenvalue weighted by Gasteiger charge is 2.50. The summed E-state index contributed by atoms with van der Waals surface area (Å²) >= 11 is 0. The summed E-state index contributed by atoms with van der Waals surface area (Å²) in [5.41, 5.74) is 1.14. The molecule has 0 saturated carbocycles. The topological polar surface area (TPSA) is 66.9 Å². The first-order valence-electron chi connectivity index (χ1n) is 9.48. The number of benzene rings is 2. The van der Waals surface area contributed by atoms with Crippen molar-refractivity contribution in [2.75, 3.05) is 20.2 Å². The molecule has 2 aromatic carbocycles. The fourth-order valence-corrected chi connectivity index (χ4v) is 4.18. The summed E-state index contributed by atoms with van der Waals surface area (Å²) in [6.07, 6.45) is -0.275. The number of hydrogen-bond acceptors (Lipinski definition) is 5. The molecule has 0 unspecified atom stereocenters. The van der Waals surface area contributed by atoms with E-state index in [2.05, 4.69) is 0 Å². The number of rotatable bonds is 4. The number of carbonyl (C=O) groups excluding carboxylic acids is 3. The minimum absolute atomic E-state index is 0.0155. The number of hydrogen-bond donors (Lipinski definition) is 0. The molecule has 0 aliphatic carbocycles. The third kappa shape index (κ3) is 3.53. The van der Waals surface area contributed by atoms with Crippen molar-refractivity contribution in [2.45, 2.75) is 24.4 Å². The highest BCUT2D eigenvalue weighted by Crippen LogP contribution is 2.34. The van der Waals surface area contributed by atoms with Gasteiger partial charge in [0.15, 0.2) is 5.78 Å². The lowest BCUT2D eigenvalue weighted by atomic mass is 9.89. The van der Waals surface area contributed by atoms with E-state index < -0.39 is 35.8 Å². The molecule has 2 aliphatic rings. The average Bonchev–Trinajstić information content (AvgIpc) is 3.21. The fraction of sp³-hybridized carbons (Fsp3) is 0.318. The van der Waals surface area contributed by atoms with E-state index in [1.165, 1.54) is 18.2 Å². The lowest BCUT2D eigenvalue weighted by molar-refractivity contribution is -0.134. The minimum Gasteiger partial charge on any atom is -0.447 e. The second-order valence-electron chi connectivity index (χ2n) is 7.45. The number of carbonyl (C=O) groups is 3. The molecule has 7 heteroatoms. The van der Waals surface area contributed by atoms with Crippen LogP contribution in [0.25, 0.3) is 0 Å². The highest BCUT2D eigenvalue weighted by molar-refractivity contribution is 6.03. The average molecular weight is 396 g/mol. The largest absolute Gasteiger partial charge is 0.447 e. The second kappa shape index (κ2) is 7.75. The summed E-state index contributed by atoms with van der Waals surface area (Å²) in [5.74, 6) is -2.28. The van der Waals surface area contributed by atoms with Crippen LogP contribution in [0.3, 0.4) is 0 Å². The Morgan fingerprint density at radius 1 is 1.10 bits per heavy atom. The molecule has 2 heterocycles. The van der Waals surface area contributed by atoms with Crippen molar-refractivity contribution in [1.82, 2.24) is 9.80 Å². The maximum absolute atomic E-state index is 14.4. The normalized spacial score (nSPS) is 24.8. The summed E-state index contributed by atoms with van der Waals surface area (Å²) in [5, 5.41) is 0. The number of ether oxygens (including phenoxy) is 1. The molecule has 2 amide bonds. The fourth-order valence-electron chi connectivity index (χ4n) is 4.18. The number of nitrogens with zero attached hydrogens (tertiary/aromatic N) is 2. The third-order valence-corrected chi connectivity index (χ3v) is 5.55. The van der Waals surface area contributed by atoms with Gasteiger partial charge < -0.3 is 4.74 Å². The molecule has 0 radical (unpaired) electrons. The Kier molecular flexibility index (Phi) is 5.15. The van der Waals surface area contributed by atoms with Crippen LogP contribution >= 0.6 is 0 Å². The quantitative estimate of drug-likeness (QED) is 0.794. The minimum atomic E-state index is -0.959. The van der Waals surface area contributed by atoms with Crippen molar-refractivity contribution in [3.05, 3.63) is 71.5 Å². The SMILES string of the molecule is CN1CC(=O)[C@@H](c2ccccc2F)[C@H]1C(=O)N1C(=O)OC[C@@H]1Cc1ccccc1. The predicted molar refractivity (Wildman–Crippen MR) is 103 cm³/mol. The van der Waals surface area contributed by atoms with E-state index in [0.717, 1.165) is 10.5 Å². The Hall–Kier alpha value is -3.06. The van der Waals surface area contributed by atoms with E-state index in [9.17, 15) is 18.8 Å². The monoisotopic (exact) mass is 396 g/mol. The molecule has 2 saturated heterocycles. The van der Waals surface area contributed by atoms with Crippen molar-refractivity contribution < 1.29 is 23.5 Å². The molecular formula is C22H21FN2O4. The van der Waals surface area contributed by atoms with Gasteiger partial charge in [-0.25, -0.2) is 14.1 Å².